The first-order valence-electron chi connectivity index (χ1n) is 6.57. The molecule has 3 aromatic rings. The number of halogens is 1. The summed E-state index contributed by atoms with van der Waals surface area (Å²) in [4.78, 5) is 14.1. The standard InChI is InChI=1S/C16H14ClN3O/c17-13-3-1-12(2-4-13)11-19-14-5-7-15(8-6-14)20-10-9-18-16(20)21/h1-10,19H,11H2,(H,18,21). The molecule has 0 spiro atoms. The topological polar surface area (TPSA) is 49.8 Å². The summed E-state index contributed by atoms with van der Waals surface area (Å²) < 4.78 is 1.56. The first-order chi connectivity index (χ1) is 10.2. The van der Waals surface area contributed by atoms with Gasteiger partial charge in [0.05, 0.1) is 5.69 Å². The summed E-state index contributed by atoms with van der Waals surface area (Å²) in [5, 5.41) is 4.07. The Morgan fingerprint density at radius 1 is 1.05 bits per heavy atom. The zero-order chi connectivity index (χ0) is 14.7. The van der Waals surface area contributed by atoms with Gasteiger partial charge >= 0.3 is 5.69 Å². The number of nitrogens with one attached hydrogen (secondary N) is 2. The van der Waals surface area contributed by atoms with Crippen LogP contribution in [0.15, 0.2) is 65.7 Å². The van der Waals surface area contributed by atoms with Crippen LogP contribution in [0.4, 0.5) is 5.69 Å². The van der Waals surface area contributed by atoms with Crippen LogP contribution >= 0.6 is 11.6 Å². The Labute approximate surface area is 127 Å². The molecule has 2 aromatic carbocycles. The SMILES string of the molecule is O=c1[nH]ccn1-c1ccc(NCc2ccc(Cl)cc2)cc1. The van der Waals surface area contributed by atoms with Crippen molar-refractivity contribution in [3.63, 3.8) is 0 Å². The molecule has 21 heavy (non-hydrogen) atoms. The number of anilines is 1. The maximum absolute atomic E-state index is 11.5. The van der Waals surface area contributed by atoms with Crippen LogP contribution in [0.25, 0.3) is 5.69 Å². The number of benzene rings is 2. The number of nitrogens with zero attached hydrogens (tertiary/aromatic N) is 1. The van der Waals surface area contributed by atoms with Gasteiger partial charge in [-0.3, -0.25) is 4.57 Å². The minimum atomic E-state index is -0.142. The molecule has 1 heterocycles. The van der Waals surface area contributed by atoms with Gasteiger partial charge in [-0.25, -0.2) is 4.79 Å². The molecule has 0 saturated carbocycles. The average molecular weight is 300 g/mol. The third-order valence-corrected chi connectivity index (χ3v) is 3.46. The van der Waals surface area contributed by atoms with Gasteiger partial charge in [0.1, 0.15) is 0 Å². The molecule has 1 aromatic heterocycles. The van der Waals surface area contributed by atoms with Gasteiger partial charge in [0.25, 0.3) is 0 Å². The van der Waals surface area contributed by atoms with Gasteiger partial charge in [-0.2, -0.15) is 0 Å². The zero-order valence-corrected chi connectivity index (χ0v) is 12.0. The molecule has 5 heteroatoms. The van der Waals surface area contributed by atoms with E-state index in [0.29, 0.717) is 0 Å². The molecule has 106 valence electrons. The van der Waals surface area contributed by atoms with E-state index in [1.807, 2.05) is 48.5 Å². The summed E-state index contributed by atoms with van der Waals surface area (Å²) in [6, 6.07) is 15.4. The fraction of sp³-hybridized carbons (Fsp3) is 0.0625. The van der Waals surface area contributed by atoms with Crippen LogP contribution in [0.5, 0.6) is 0 Å². The molecule has 0 aliphatic carbocycles. The molecule has 0 bridgehead atoms. The van der Waals surface area contributed by atoms with Crippen molar-refractivity contribution in [1.29, 1.82) is 0 Å². The second-order valence-electron chi connectivity index (χ2n) is 4.66. The van der Waals surface area contributed by atoms with Crippen molar-refractivity contribution in [2.45, 2.75) is 6.54 Å². The Morgan fingerprint density at radius 2 is 1.76 bits per heavy atom. The monoisotopic (exact) mass is 299 g/mol. The molecule has 4 nitrogen and oxygen atoms in total. The van der Waals surface area contributed by atoms with Gasteiger partial charge in [0.2, 0.25) is 0 Å². The summed E-state index contributed by atoms with van der Waals surface area (Å²) in [6.45, 7) is 0.723. The number of imidazole rings is 1. The first kappa shape index (κ1) is 13.5. The molecule has 0 amide bonds. The highest BCUT2D eigenvalue weighted by atomic mass is 35.5. The molecule has 0 aliphatic rings. The summed E-state index contributed by atoms with van der Waals surface area (Å²) in [7, 11) is 0. The third-order valence-electron chi connectivity index (χ3n) is 3.20. The van der Waals surface area contributed by atoms with Gasteiger partial charge in [0, 0.05) is 29.6 Å². The van der Waals surface area contributed by atoms with Crippen molar-refractivity contribution in [3.8, 4) is 5.69 Å². The Balaban J connectivity index is 1.69. The lowest BCUT2D eigenvalue weighted by atomic mass is 10.2. The lowest BCUT2D eigenvalue weighted by molar-refractivity contribution is 0.987. The van der Waals surface area contributed by atoms with E-state index >= 15 is 0 Å². The van der Waals surface area contributed by atoms with Crippen molar-refractivity contribution in [3.05, 3.63) is 82.0 Å². The highest BCUT2D eigenvalue weighted by Gasteiger charge is 2.00. The van der Waals surface area contributed by atoms with E-state index in [-0.39, 0.29) is 5.69 Å². The maximum Gasteiger partial charge on any atom is 0.330 e. The highest BCUT2D eigenvalue weighted by molar-refractivity contribution is 6.30. The van der Waals surface area contributed by atoms with Crippen LogP contribution in [-0.2, 0) is 6.54 Å². The number of H-pyrrole nitrogens is 1. The fourth-order valence-electron chi connectivity index (χ4n) is 2.07. The third kappa shape index (κ3) is 3.17. The molecular formula is C16H14ClN3O. The van der Waals surface area contributed by atoms with Gasteiger partial charge in [-0.05, 0) is 42.0 Å². The molecule has 3 rings (SSSR count). The number of aromatic nitrogens is 2. The highest BCUT2D eigenvalue weighted by Crippen LogP contribution is 2.14. The second kappa shape index (κ2) is 5.89. The second-order valence-corrected chi connectivity index (χ2v) is 5.10. The minimum absolute atomic E-state index is 0.142. The van der Waals surface area contributed by atoms with Crippen LogP contribution in [0.1, 0.15) is 5.56 Å². The predicted octanol–water partition coefficient (Wildman–Crippen LogP) is 3.43. The summed E-state index contributed by atoms with van der Waals surface area (Å²) >= 11 is 5.86. The Hall–Kier alpha value is -2.46. The molecule has 0 fully saturated rings. The maximum atomic E-state index is 11.5. The van der Waals surface area contributed by atoms with E-state index in [1.54, 1.807) is 17.0 Å². The molecule has 0 atom stereocenters. The van der Waals surface area contributed by atoms with E-state index in [9.17, 15) is 4.79 Å². The van der Waals surface area contributed by atoms with Gasteiger partial charge < -0.3 is 10.3 Å². The van der Waals surface area contributed by atoms with Gasteiger partial charge in [-0.15, -0.1) is 0 Å². The summed E-state index contributed by atoms with van der Waals surface area (Å²) in [6.07, 6.45) is 3.33. The summed E-state index contributed by atoms with van der Waals surface area (Å²) in [5.74, 6) is 0. The quantitative estimate of drug-likeness (QED) is 0.775. The number of aromatic amines is 1. The van der Waals surface area contributed by atoms with E-state index in [0.717, 1.165) is 28.5 Å². The number of hydrogen-bond acceptors (Lipinski definition) is 2. The largest absolute Gasteiger partial charge is 0.381 e. The van der Waals surface area contributed by atoms with Crippen LogP contribution in [-0.4, -0.2) is 9.55 Å². The first-order valence-corrected chi connectivity index (χ1v) is 6.95. The van der Waals surface area contributed by atoms with Crippen LogP contribution < -0.4 is 11.0 Å². The van der Waals surface area contributed by atoms with Crippen molar-refractivity contribution in [2.24, 2.45) is 0 Å². The van der Waals surface area contributed by atoms with Crippen LogP contribution in [0, 0.1) is 0 Å². The Morgan fingerprint density at radius 3 is 2.38 bits per heavy atom. The van der Waals surface area contributed by atoms with E-state index in [4.69, 9.17) is 11.6 Å². The van der Waals surface area contributed by atoms with Crippen molar-refractivity contribution in [2.75, 3.05) is 5.32 Å². The van der Waals surface area contributed by atoms with Crippen molar-refractivity contribution in [1.82, 2.24) is 9.55 Å². The van der Waals surface area contributed by atoms with Crippen molar-refractivity contribution >= 4 is 17.3 Å². The van der Waals surface area contributed by atoms with Crippen molar-refractivity contribution < 1.29 is 0 Å². The minimum Gasteiger partial charge on any atom is -0.381 e. The normalized spacial score (nSPS) is 10.5. The van der Waals surface area contributed by atoms with E-state index in [2.05, 4.69) is 10.3 Å². The lowest BCUT2D eigenvalue weighted by Crippen LogP contribution is -2.13. The Kier molecular flexibility index (Phi) is 3.79. The molecule has 0 saturated heterocycles. The fourth-order valence-corrected chi connectivity index (χ4v) is 2.20. The molecule has 0 unspecified atom stereocenters. The van der Waals surface area contributed by atoms with Gasteiger partial charge in [0.15, 0.2) is 0 Å². The molecule has 0 aliphatic heterocycles. The van der Waals surface area contributed by atoms with E-state index in [1.165, 1.54) is 0 Å². The lowest BCUT2D eigenvalue weighted by Gasteiger charge is -2.08. The average Bonchev–Trinajstić information content (AvgIpc) is 2.93. The predicted molar refractivity (Wildman–Crippen MR) is 85.2 cm³/mol. The van der Waals surface area contributed by atoms with Crippen LogP contribution in [0.2, 0.25) is 5.02 Å². The molecule has 0 radical (unpaired) electrons. The van der Waals surface area contributed by atoms with Crippen LogP contribution in [0.3, 0.4) is 0 Å². The van der Waals surface area contributed by atoms with Gasteiger partial charge in [-0.1, -0.05) is 23.7 Å². The zero-order valence-electron chi connectivity index (χ0n) is 11.2. The Bertz CT molecular complexity index is 772. The van der Waals surface area contributed by atoms with E-state index < -0.39 is 0 Å². The number of rotatable bonds is 4. The number of hydrogen-bond donors (Lipinski definition) is 2. The molecular weight excluding hydrogens is 286 g/mol. The summed E-state index contributed by atoms with van der Waals surface area (Å²) in [5.41, 5.74) is 2.85. The molecule has 2 N–H and O–H groups in total. The smallest absolute Gasteiger partial charge is 0.330 e.